The topological polar surface area (TPSA) is 79.5 Å². The van der Waals surface area contributed by atoms with E-state index in [9.17, 15) is 9.59 Å². The lowest BCUT2D eigenvalue weighted by molar-refractivity contribution is -0.122. The fourth-order valence-corrected chi connectivity index (χ4v) is 3.65. The maximum Gasteiger partial charge on any atom is 0.242 e. The van der Waals surface area contributed by atoms with Crippen molar-refractivity contribution in [3.8, 4) is 5.75 Å². The summed E-state index contributed by atoms with van der Waals surface area (Å²) in [5.74, 6) is -0.0645. The lowest BCUT2D eigenvalue weighted by Gasteiger charge is -2.12. The van der Waals surface area contributed by atoms with Gasteiger partial charge in [0.2, 0.25) is 11.8 Å². The maximum atomic E-state index is 12.3. The molecule has 0 atom stereocenters. The van der Waals surface area contributed by atoms with Crippen LogP contribution in [0.2, 0.25) is 10.0 Å². The van der Waals surface area contributed by atoms with Crippen molar-refractivity contribution < 1.29 is 14.3 Å². The number of amides is 2. The van der Waals surface area contributed by atoms with Gasteiger partial charge in [-0.3, -0.25) is 20.4 Å². The van der Waals surface area contributed by atoms with Crippen LogP contribution in [-0.4, -0.2) is 23.5 Å². The van der Waals surface area contributed by atoms with E-state index < -0.39 is 0 Å². The van der Waals surface area contributed by atoms with Crippen LogP contribution in [-0.2, 0) is 16.0 Å². The van der Waals surface area contributed by atoms with Gasteiger partial charge in [0.1, 0.15) is 5.75 Å². The van der Waals surface area contributed by atoms with E-state index in [-0.39, 0.29) is 29.8 Å². The first-order chi connectivity index (χ1) is 15.4. The molecule has 3 rings (SSSR count). The van der Waals surface area contributed by atoms with Gasteiger partial charge < -0.3 is 10.1 Å². The highest BCUT2D eigenvalue weighted by Gasteiger charge is 2.09. The van der Waals surface area contributed by atoms with Crippen LogP contribution in [0.3, 0.4) is 0 Å². The zero-order valence-corrected chi connectivity index (χ0v) is 19.3. The Hall–Kier alpha value is -2.87. The Balaban J connectivity index is 1.35. The van der Waals surface area contributed by atoms with Gasteiger partial charge in [-0.1, -0.05) is 65.7 Å². The fraction of sp³-hybridized carbons (Fsp3) is 0.174. The molecule has 0 aliphatic carbocycles. The van der Waals surface area contributed by atoms with Crippen LogP contribution in [0.5, 0.6) is 5.75 Å². The molecule has 9 heteroatoms. The molecule has 3 aromatic carbocycles. The Kier molecular flexibility index (Phi) is 8.67. The molecule has 0 aromatic heterocycles. The molecular formula is C23H21Cl2N3O3S. The molecule has 0 saturated carbocycles. The molecule has 3 aromatic rings. The standard InChI is InChI=1S/C23H21Cl2N3O3S/c24-17-10-11-20(19(25)14-17)31-12-4-9-21(29)26-23(32)28-27-22(30)13-16-7-3-6-15-5-1-2-8-18(15)16/h1-3,5-8,10-11,14H,4,9,12-13H2,(H,27,30)(H2,26,28,29,32). The average molecular weight is 490 g/mol. The van der Waals surface area contributed by atoms with E-state index in [4.69, 9.17) is 40.2 Å². The van der Waals surface area contributed by atoms with E-state index in [0.717, 1.165) is 16.3 Å². The van der Waals surface area contributed by atoms with Crippen LogP contribution in [0.4, 0.5) is 0 Å². The van der Waals surface area contributed by atoms with Crippen LogP contribution >= 0.6 is 35.4 Å². The number of thiocarbonyl (C=S) groups is 1. The molecule has 0 fully saturated rings. The quantitative estimate of drug-likeness (QED) is 0.257. The molecule has 0 spiro atoms. The number of carbonyl (C=O) groups is 2. The van der Waals surface area contributed by atoms with Gasteiger partial charge in [0.25, 0.3) is 0 Å². The minimum absolute atomic E-state index is 0.0166. The lowest BCUT2D eigenvalue weighted by Crippen LogP contribution is -2.48. The minimum atomic E-state index is -0.295. The SMILES string of the molecule is O=C(Cc1cccc2ccccc12)NNC(=S)NC(=O)CCCOc1ccc(Cl)cc1Cl. The normalized spacial score (nSPS) is 10.4. The predicted octanol–water partition coefficient (Wildman–Crippen LogP) is 4.57. The van der Waals surface area contributed by atoms with Gasteiger partial charge in [-0.25, -0.2) is 0 Å². The molecular weight excluding hydrogens is 469 g/mol. The van der Waals surface area contributed by atoms with E-state index in [0.29, 0.717) is 28.8 Å². The number of hydrogen-bond donors (Lipinski definition) is 3. The van der Waals surface area contributed by atoms with Gasteiger partial charge in [0.05, 0.1) is 18.1 Å². The number of carbonyl (C=O) groups excluding carboxylic acids is 2. The van der Waals surface area contributed by atoms with Crippen LogP contribution in [0, 0.1) is 0 Å². The summed E-state index contributed by atoms with van der Waals surface area (Å²) in [5.41, 5.74) is 5.96. The highest BCUT2D eigenvalue weighted by atomic mass is 35.5. The van der Waals surface area contributed by atoms with Crippen molar-refractivity contribution in [2.24, 2.45) is 0 Å². The molecule has 32 heavy (non-hydrogen) atoms. The van der Waals surface area contributed by atoms with Crippen molar-refractivity contribution in [3.05, 3.63) is 76.3 Å². The van der Waals surface area contributed by atoms with Crippen LogP contribution in [0.15, 0.2) is 60.7 Å². The molecule has 3 N–H and O–H groups in total. The summed E-state index contributed by atoms with van der Waals surface area (Å²) < 4.78 is 5.54. The highest BCUT2D eigenvalue weighted by molar-refractivity contribution is 7.80. The Labute approximate surface area is 201 Å². The Morgan fingerprint density at radius 2 is 1.72 bits per heavy atom. The third-order valence-electron chi connectivity index (χ3n) is 4.50. The first-order valence-electron chi connectivity index (χ1n) is 9.85. The van der Waals surface area contributed by atoms with Crippen LogP contribution in [0.25, 0.3) is 10.8 Å². The second kappa shape index (κ2) is 11.7. The van der Waals surface area contributed by atoms with E-state index in [2.05, 4.69) is 16.2 Å². The predicted molar refractivity (Wildman–Crippen MR) is 131 cm³/mol. The molecule has 2 amide bonds. The van der Waals surface area contributed by atoms with Gasteiger partial charge in [-0.05, 0) is 53.2 Å². The van der Waals surface area contributed by atoms with Crippen molar-refractivity contribution >= 4 is 63.1 Å². The van der Waals surface area contributed by atoms with Gasteiger partial charge in [0, 0.05) is 11.4 Å². The average Bonchev–Trinajstić information content (AvgIpc) is 2.77. The summed E-state index contributed by atoms with van der Waals surface area (Å²) in [7, 11) is 0. The number of benzene rings is 3. The van der Waals surface area contributed by atoms with Crippen LogP contribution < -0.4 is 20.9 Å². The number of halogens is 2. The first kappa shape index (κ1) is 23.8. The monoisotopic (exact) mass is 489 g/mol. The summed E-state index contributed by atoms with van der Waals surface area (Å²) in [5, 5.41) is 5.54. The molecule has 0 radical (unpaired) electrons. The number of hydrogen-bond acceptors (Lipinski definition) is 4. The number of fused-ring (bicyclic) bond motifs is 1. The molecule has 0 aliphatic heterocycles. The lowest BCUT2D eigenvalue weighted by atomic mass is 10.0. The smallest absolute Gasteiger partial charge is 0.242 e. The largest absolute Gasteiger partial charge is 0.492 e. The number of rotatable bonds is 7. The highest BCUT2D eigenvalue weighted by Crippen LogP contribution is 2.27. The van der Waals surface area contributed by atoms with Crippen molar-refractivity contribution in [2.45, 2.75) is 19.3 Å². The number of hydrazine groups is 1. The van der Waals surface area contributed by atoms with Crippen molar-refractivity contribution in [1.29, 1.82) is 0 Å². The van der Waals surface area contributed by atoms with Gasteiger partial charge in [-0.15, -0.1) is 0 Å². The van der Waals surface area contributed by atoms with E-state index in [1.165, 1.54) is 0 Å². The molecule has 0 unspecified atom stereocenters. The third-order valence-corrected chi connectivity index (χ3v) is 5.23. The fourth-order valence-electron chi connectivity index (χ4n) is 3.02. The van der Waals surface area contributed by atoms with Gasteiger partial charge in [0.15, 0.2) is 5.11 Å². The molecule has 0 bridgehead atoms. The van der Waals surface area contributed by atoms with Crippen LogP contribution in [0.1, 0.15) is 18.4 Å². The Morgan fingerprint density at radius 1 is 0.938 bits per heavy atom. The van der Waals surface area contributed by atoms with Crippen molar-refractivity contribution in [3.63, 3.8) is 0 Å². The minimum Gasteiger partial charge on any atom is -0.492 e. The van der Waals surface area contributed by atoms with E-state index in [1.807, 2.05) is 42.5 Å². The van der Waals surface area contributed by atoms with Crippen molar-refractivity contribution in [2.75, 3.05) is 6.61 Å². The first-order valence-corrected chi connectivity index (χ1v) is 11.0. The zero-order valence-electron chi connectivity index (χ0n) is 17.0. The summed E-state index contributed by atoms with van der Waals surface area (Å²) in [6, 6.07) is 18.6. The zero-order chi connectivity index (χ0) is 22.9. The van der Waals surface area contributed by atoms with Crippen molar-refractivity contribution in [1.82, 2.24) is 16.2 Å². The van der Waals surface area contributed by atoms with Gasteiger partial charge in [-0.2, -0.15) is 0 Å². The molecule has 0 aliphatic rings. The van der Waals surface area contributed by atoms with Gasteiger partial charge >= 0.3 is 0 Å². The summed E-state index contributed by atoms with van der Waals surface area (Å²) in [4.78, 5) is 24.3. The third kappa shape index (κ3) is 7.09. The number of nitrogens with one attached hydrogen (secondary N) is 3. The molecule has 166 valence electrons. The maximum absolute atomic E-state index is 12.3. The van der Waals surface area contributed by atoms with E-state index in [1.54, 1.807) is 18.2 Å². The molecule has 6 nitrogen and oxygen atoms in total. The molecule has 0 saturated heterocycles. The molecule has 0 heterocycles. The summed E-state index contributed by atoms with van der Waals surface area (Å²) in [6.45, 7) is 0.302. The Morgan fingerprint density at radius 3 is 2.53 bits per heavy atom. The van der Waals surface area contributed by atoms with E-state index >= 15 is 0 Å². The second-order valence-electron chi connectivity index (χ2n) is 6.89. The summed E-state index contributed by atoms with van der Waals surface area (Å²) in [6.07, 6.45) is 0.827. The Bertz CT molecular complexity index is 1140. The summed E-state index contributed by atoms with van der Waals surface area (Å²) >= 11 is 16.9. The number of ether oxygens (including phenoxy) is 1. The second-order valence-corrected chi connectivity index (χ2v) is 8.14.